The number of carbonyl (C=O) groups is 2. The zero-order valence-corrected chi connectivity index (χ0v) is 17.6. The molecule has 3 rings (SSSR count). The van der Waals surface area contributed by atoms with Crippen LogP contribution in [0.2, 0.25) is 0 Å². The number of urea groups is 1. The van der Waals surface area contributed by atoms with E-state index in [1.54, 1.807) is 6.08 Å². The summed E-state index contributed by atoms with van der Waals surface area (Å²) >= 11 is 0. The number of hydrogen-bond acceptors (Lipinski definition) is 4. The second-order valence-electron chi connectivity index (χ2n) is 9.35. The number of carbonyl (C=O) groups excluding carboxylic acids is 2. The first-order valence-corrected chi connectivity index (χ1v) is 10.3. The standard InChI is InChI=1S/C23H32N2O4/c1-5-8-17-9-6-7-10-19(17)29-14-18(26)13-25-20(27)23(24-21(25)28)12-16(2)11-22(3,4)15-23/h5-7,9-10,16,18,26H,1,8,11-15H2,2-4H3,(H,24,28). The van der Waals surface area contributed by atoms with E-state index in [9.17, 15) is 14.7 Å². The van der Waals surface area contributed by atoms with Gasteiger partial charge in [-0.1, -0.05) is 45.0 Å². The zero-order valence-electron chi connectivity index (χ0n) is 17.6. The van der Waals surface area contributed by atoms with Crippen LogP contribution < -0.4 is 10.1 Å². The number of allylic oxidation sites excluding steroid dienone is 1. The van der Waals surface area contributed by atoms with Gasteiger partial charge in [-0.3, -0.25) is 9.69 Å². The van der Waals surface area contributed by atoms with Crippen molar-refractivity contribution in [1.82, 2.24) is 10.2 Å². The Bertz CT molecular complexity index is 791. The topological polar surface area (TPSA) is 78.9 Å². The first kappa shape index (κ1) is 21.4. The van der Waals surface area contributed by atoms with E-state index in [-0.39, 0.29) is 24.5 Å². The lowest BCUT2D eigenvalue weighted by molar-refractivity contribution is -0.135. The molecular weight excluding hydrogens is 368 g/mol. The number of nitrogens with zero attached hydrogens (tertiary/aromatic N) is 1. The van der Waals surface area contributed by atoms with Crippen molar-refractivity contribution in [2.24, 2.45) is 11.3 Å². The van der Waals surface area contributed by atoms with Crippen molar-refractivity contribution < 1.29 is 19.4 Å². The molecule has 2 aliphatic rings. The normalized spacial score (nSPS) is 27.0. The molecular formula is C23H32N2O4. The molecule has 2 N–H and O–H groups in total. The van der Waals surface area contributed by atoms with Gasteiger partial charge in [0.05, 0.1) is 6.54 Å². The Labute approximate surface area is 172 Å². The summed E-state index contributed by atoms with van der Waals surface area (Å²) in [4.78, 5) is 26.9. The second kappa shape index (κ2) is 8.19. The summed E-state index contributed by atoms with van der Waals surface area (Å²) in [5, 5.41) is 13.4. The molecule has 1 aromatic carbocycles. The Morgan fingerprint density at radius 3 is 2.76 bits per heavy atom. The molecule has 1 aliphatic heterocycles. The highest BCUT2D eigenvalue weighted by molar-refractivity contribution is 6.07. The summed E-state index contributed by atoms with van der Waals surface area (Å²) in [5.41, 5.74) is 0.102. The molecule has 1 spiro atoms. The number of amides is 3. The zero-order chi connectivity index (χ0) is 21.2. The molecule has 3 amide bonds. The Morgan fingerprint density at radius 2 is 2.07 bits per heavy atom. The van der Waals surface area contributed by atoms with E-state index in [1.165, 1.54) is 0 Å². The third-order valence-electron chi connectivity index (χ3n) is 5.79. The van der Waals surface area contributed by atoms with Crippen molar-refractivity contribution in [1.29, 1.82) is 0 Å². The van der Waals surface area contributed by atoms with E-state index >= 15 is 0 Å². The molecule has 3 unspecified atom stereocenters. The number of β-amino-alcohol motifs (C(OH)–C–C–N with tert-alkyl or cyclic N) is 1. The summed E-state index contributed by atoms with van der Waals surface area (Å²) in [6.45, 7) is 10.1. The van der Waals surface area contributed by atoms with Gasteiger partial charge in [0.1, 0.15) is 24.0 Å². The van der Waals surface area contributed by atoms with Gasteiger partial charge in [-0.15, -0.1) is 6.58 Å². The van der Waals surface area contributed by atoms with E-state index in [1.807, 2.05) is 24.3 Å². The maximum Gasteiger partial charge on any atom is 0.325 e. The molecule has 0 radical (unpaired) electrons. The lowest BCUT2D eigenvalue weighted by Gasteiger charge is -2.43. The Balaban J connectivity index is 1.64. The van der Waals surface area contributed by atoms with Crippen molar-refractivity contribution in [3.05, 3.63) is 42.5 Å². The summed E-state index contributed by atoms with van der Waals surface area (Å²) < 4.78 is 5.75. The fourth-order valence-corrected chi connectivity index (χ4v) is 5.09. The average Bonchev–Trinajstić information content (AvgIpc) is 2.83. The van der Waals surface area contributed by atoms with Gasteiger partial charge in [0.2, 0.25) is 0 Å². The van der Waals surface area contributed by atoms with Crippen molar-refractivity contribution >= 4 is 11.9 Å². The highest BCUT2D eigenvalue weighted by Gasteiger charge is 2.56. The molecule has 3 atom stereocenters. The molecule has 0 bridgehead atoms. The van der Waals surface area contributed by atoms with Crippen LogP contribution in [-0.2, 0) is 11.2 Å². The number of imide groups is 1. The van der Waals surface area contributed by atoms with E-state index < -0.39 is 17.7 Å². The van der Waals surface area contributed by atoms with Crippen LogP contribution in [0.1, 0.15) is 45.6 Å². The van der Waals surface area contributed by atoms with Crippen LogP contribution in [0.4, 0.5) is 4.79 Å². The molecule has 0 aromatic heterocycles. The number of para-hydroxylation sites is 1. The summed E-state index contributed by atoms with van der Waals surface area (Å²) in [5.74, 6) is 0.786. The minimum absolute atomic E-state index is 0.000111. The Kier molecular flexibility index (Phi) is 6.03. The number of hydrogen-bond donors (Lipinski definition) is 2. The molecule has 29 heavy (non-hydrogen) atoms. The van der Waals surface area contributed by atoms with E-state index in [4.69, 9.17) is 4.74 Å². The minimum atomic E-state index is -0.967. The number of ether oxygens (including phenoxy) is 1. The van der Waals surface area contributed by atoms with Crippen molar-refractivity contribution in [3.8, 4) is 5.75 Å². The van der Waals surface area contributed by atoms with Crippen LogP contribution in [0.25, 0.3) is 0 Å². The predicted octanol–water partition coefficient (Wildman–Crippen LogP) is 3.29. The number of benzene rings is 1. The molecule has 1 heterocycles. The smallest absolute Gasteiger partial charge is 0.325 e. The lowest BCUT2D eigenvalue weighted by Crippen LogP contribution is -2.54. The SMILES string of the molecule is C=CCc1ccccc1OCC(O)CN1C(=O)NC2(CC(C)CC(C)(C)C2)C1=O. The van der Waals surface area contributed by atoms with E-state index in [0.29, 0.717) is 30.9 Å². The first-order valence-electron chi connectivity index (χ1n) is 10.3. The van der Waals surface area contributed by atoms with Gasteiger partial charge >= 0.3 is 6.03 Å². The van der Waals surface area contributed by atoms with Gasteiger partial charge in [-0.2, -0.15) is 0 Å². The van der Waals surface area contributed by atoms with E-state index in [0.717, 1.165) is 16.9 Å². The lowest BCUT2D eigenvalue weighted by atomic mass is 9.64. The Hall–Kier alpha value is -2.34. The minimum Gasteiger partial charge on any atom is -0.491 e. The van der Waals surface area contributed by atoms with Crippen molar-refractivity contribution in [3.63, 3.8) is 0 Å². The highest BCUT2D eigenvalue weighted by atomic mass is 16.5. The molecule has 1 saturated carbocycles. The van der Waals surface area contributed by atoms with Crippen LogP contribution in [-0.4, -0.2) is 46.7 Å². The quantitative estimate of drug-likeness (QED) is 0.544. The van der Waals surface area contributed by atoms with Crippen LogP contribution in [0, 0.1) is 11.3 Å². The summed E-state index contributed by atoms with van der Waals surface area (Å²) in [6.07, 6.45) is 3.77. The summed E-state index contributed by atoms with van der Waals surface area (Å²) in [7, 11) is 0. The molecule has 2 fully saturated rings. The largest absolute Gasteiger partial charge is 0.491 e. The third-order valence-corrected chi connectivity index (χ3v) is 5.79. The maximum absolute atomic E-state index is 13.2. The van der Waals surface area contributed by atoms with Crippen LogP contribution in [0.15, 0.2) is 36.9 Å². The molecule has 6 nitrogen and oxygen atoms in total. The van der Waals surface area contributed by atoms with Gasteiger partial charge in [0.15, 0.2) is 0 Å². The van der Waals surface area contributed by atoms with Crippen LogP contribution >= 0.6 is 0 Å². The molecule has 1 saturated heterocycles. The average molecular weight is 401 g/mol. The molecule has 1 aliphatic carbocycles. The molecule has 6 heteroatoms. The second-order valence-corrected chi connectivity index (χ2v) is 9.35. The first-order chi connectivity index (χ1) is 13.7. The van der Waals surface area contributed by atoms with Gasteiger partial charge in [0.25, 0.3) is 5.91 Å². The number of aliphatic hydroxyl groups excluding tert-OH is 1. The predicted molar refractivity (Wildman–Crippen MR) is 112 cm³/mol. The number of aliphatic hydroxyl groups is 1. The highest BCUT2D eigenvalue weighted by Crippen LogP contribution is 2.46. The number of nitrogens with one attached hydrogen (secondary N) is 1. The van der Waals surface area contributed by atoms with Gasteiger partial charge in [0, 0.05) is 0 Å². The number of rotatable bonds is 7. The van der Waals surface area contributed by atoms with Gasteiger partial charge in [-0.05, 0) is 48.6 Å². The van der Waals surface area contributed by atoms with E-state index in [2.05, 4.69) is 32.7 Å². The fourth-order valence-electron chi connectivity index (χ4n) is 5.09. The van der Waals surface area contributed by atoms with Crippen LogP contribution in [0.3, 0.4) is 0 Å². The van der Waals surface area contributed by atoms with Crippen molar-refractivity contribution in [2.45, 2.75) is 58.1 Å². The third kappa shape index (κ3) is 4.64. The van der Waals surface area contributed by atoms with Gasteiger partial charge < -0.3 is 15.2 Å². The summed E-state index contributed by atoms with van der Waals surface area (Å²) in [6, 6.07) is 7.13. The Morgan fingerprint density at radius 1 is 1.34 bits per heavy atom. The molecule has 1 aromatic rings. The fraction of sp³-hybridized carbons (Fsp3) is 0.565. The van der Waals surface area contributed by atoms with Crippen molar-refractivity contribution in [2.75, 3.05) is 13.2 Å². The maximum atomic E-state index is 13.2. The van der Waals surface area contributed by atoms with Crippen LogP contribution in [0.5, 0.6) is 5.75 Å². The monoisotopic (exact) mass is 400 g/mol. The molecule has 158 valence electrons. The van der Waals surface area contributed by atoms with Gasteiger partial charge in [-0.25, -0.2) is 4.79 Å².